The average molecular weight is 359 g/mol. The van der Waals surface area contributed by atoms with Crippen molar-refractivity contribution >= 4 is 35.4 Å². The summed E-state index contributed by atoms with van der Waals surface area (Å²) in [4.78, 5) is 17.0. The first-order chi connectivity index (χ1) is 13.2. The number of carbonyl (C=O) groups excluding carboxylic acids is 1. The number of fused-ring (bicyclic) bond motifs is 2. The highest BCUT2D eigenvalue weighted by molar-refractivity contribution is 6.62. The Hall–Kier alpha value is -3.03. The van der Waals surface area contributed by atoms with Crippen molar-refractivity contribution in [3.05, 3.63) is 71.5 Å². The van der Waals surface area contributed by atoms with Gasteiger partial charge in [0.1, 0.15) is 5.78 Å². The lowest BCUT2D eigenvalue weighted by Gasteiger charge is -2.18. The fraction of sp³-hybridized carbons (Fsp3) is 0.150. The van der Waals surface area contributed by atoms with Gasteiger partial charge in [-0.1, -0.05) is 36.4 Å². The Kier molecular flexibility index (Phi) is 4.70. The molecule has 4 rings (SSSR count). The maximum atomic E-state index is 12.9. The molecule has 27 heavy (non-hydrogen) atoms. The monoisotopic (exact) mass is 359 g/mol. The number of nitrogens with zero attached hydrogens (tertiary/aromatic N) is 2. The van der Waals surface area contributed by atoms with Crippen molar-refractivity contribution in [1.29, 1.82) is 0 Å². The first-order valence-corrected chi connectivity index (χ1v) is 8.72. The van der Waals surface area contributed by atoms with Gasteiger partial charge in [-0.15, -0.1) is 5.16 Å². The fourth-order valence-corrected chi connectivity index (χ4v) is 3.36. The molecule has 2 aromatic carbocycles. The molecule has 0 bridgehead atoms. The minimum Gasteiger partial charge on any atom is -0.427 e. The average Bonchev–Trinajstić information content (AvgIpc) is 2.69. The molecular weight excluding hydrogens is 341 g/mol. The molecule has 0 saturated carbocycles. The topological polar surface area (TPSA) is 97.8 Å². The summed E-state index contributed by atoms with van der Waals surface area (Å²) in [5.74, 6) is -0.416. The SMILES string of the molecule is NC[C@@H](C(=O)Cc1ccc2cnccc2c1)c1ccc2c(c1)B(O)ON=C2. The smallest absolute Gasteiger partial charge is 0.427 e. The van der Waals surface area contributed by atoms with E-state index in [4.69, 9.17) is 10.5 Å². The number of rotatable bonds is 5. The van der Waals surface area contributed by atoms with E-state index in [1.54, 1.807) is 18.5 Å². The van der Waals surface area contributed by atoms with Crippen molar-refractivity contribution in [1.82, 2.24) is 4.98 Å². The van der Waals surface area contributed by atoms with Gasteiger partial charge >= 0.3 is 7.12 Å². The minimum absolute atomic E-state index is 0.0331. The van der Waals surface area contributed by atoms with E-state index in [0.29, 0.717) is 5.46 Å². The minimum atomic E-state index is -1.13. The van der Waals surface area contributed by atoms with Crippen molar-refractivity contribution in [2.24, 2.45) is 10.9 Å². The molecule has 0 saturated heterocycles. The van der Waals surface area contributed by atoms with E-state index >= 15 is 0 Å². The van der Waals surface area contributed by atoms with Gasteiger partial charge in [-0.25, -0.2) is 0 Å². The molecule has 0 unspecified atom stereocenters. The highest BCUT2D eigenvalue weighted by atomic mass is 16.6. The molecule has 3 N–H and O–H groups in total. The van der Waals surface area contributed by atoms with Crippen LogP contribution >= 0.6 is 0 Å². The largest absolute Gasteiger partial charge is 0.583 e. The zero-order valence-corrected chi connectivity index (χ0v) is 14.6. The number of hydrogen-bond donors (Lipinski definition) is 2. The van der Waals surface area contributed by atoms with Gasteiger partial charge in [0.05, 0.1) is 12.1 Å². The van der Waals surface area contributed by atoms with Gasteiger partial charge in [-0.2, -0.15) is 0 Å². The van der Waals surface area contributed by atoms with Crippen LogP contribution in [0.2, 0.25) is 0 Å². The fourth-order valence-electron chi connectivity index (χ4n) is 3.36. The van der Waals surface area contributed by atoms with Crippen LogP contribution in [0.25, 0.3) is 10.8 Å². The molecule has 0 aliphatic carbocycles. The zero-order valence-electron chi connectivity index (χ0n) is 14.6. The Morgan fingerprint density at radius 1 is 1.19 bits per heavy atom. The van der Waals surface area contributed by atoms with Gasteiger partial charge in [0.25, 0.3) is 0 Å². The van der Waals surface area contributed by atoms with Gasteiger partial charge in [0.2, 0.25) is 0 Å². The number of Topliss-reactive ketones (excluding diaryl/α,β-unsaturated/α-hetero) is 1. The van der Waals surface area contributed by atoms with Crippen molar-refractivity contribution in [3.8, 4) is 0 Å². The maximum Gasteiger partial charge on any atom is 0.583 e. The molecule has 1 aliphatic rings. The first kappa shape index (κ1) is 17.4. The number of pyridine rings is 1. The van der Waals surface area contributed by atoms with Crippen molar-refractivity contribution in [2.75, 3.05) is 6.54 Å². The first-order valence-electron chi connectivity index (χ1n) is 8.72. The van der Waals surface area contributed by atoms with Crippen molar-refractivity contribution in [3.63, 3.8) is 0 Å². The van der Waals surface area contributed by atoms with E-state index in [0.717, 1.165) is 27.5 Å². The van der Waals surface area contributed by atoms with E-state index in [1.807, 2.05) is 36.4 Å². The predicted octanol–water partition coefficient (Wildman–Crippen LogP) is 1.14. The molecule has 134 valence electrons. The van der Waals surface area contributed by atoms with Gasteiger partial charge in [0, 0.05) is 36.2 Å². The number of nitrogens with two attached hydrogens (primary N) is 1. The van der Waals surface area contributed by atoms with Crippen LogP contribution < -0.4 is 11.2 Å². The van der Waals surface area contributed by atoms with E-state index in [1.165, 1.54) is 6.21 Å². The molecule has 3 aromatic rings. The van der Waals surface area contributed by atoms with E-state index in [9.17, 15) is 9.82 Å². The van der Waals surface area contributed by atoms with Crippen LogP contribution in [0.3, 0.4) is 0 Å². The number of hydrogen-bond acceptors (Lipinski definition) is 6. The quantitative estimate of drug-likeness (QED) is 0.666. The van der Waals surface area contributed by atoms with Gasteiger partial charge in [-0.3, -0.25) is 9.78 Å². The summed E-state index contributed by atoms with van der Waals surface area (Å²) in [5, 5.41) is 15.7. The van der Waals surface area contributed by atoms with Gasteiger partial charge in [0.15, 0.2) is 0 Å². The number of carbonyl (C=O) groups is 1. The summed E-state index contributed by atoms with van der Waals surface area (Å²) in [6, 6.07) is 13.3. The molecule has 7 heteroatoms. The molecule has 0 fully saturated rings. The summed E-state index contributed by atoms with van der Waals surface area (Å²) in [5.41, 5.74) is 8.97. The molecule has 1 atom stereocenters. The lowest BCUT2D eigenvalue weighted by Crippen LogP contribution is -2.38. The maximum absolute atomic E-state index is 12.9. The van der Waals surface area contributed by atoms with Crippen molar-refractivity contribution < 1.29 is 14.6 Å². The predicted molar refractivity (Wildman–Crippen MR) is 105 cm³/mol. The lowest BCUT2D eigenvalue weighted by atomic mass is 9.74. The molecular formula is C20H18BN3O3. The number of oxime groups is 1. The second-order valence-corrected chi connectivity index (χ2v) is 6.57. The van der Waals surface area contributed by atoms with Crippen LogP contribution in [0.1, 0.15) is 22.6 Å². The Morgan fingerprint density at radius 3 is 2.93 bits per heavy atom. The summed E-state index contributed by atoms with van der Waals surface area (Å²) in [6.45, 7) is 0.195. The van der Waals surface area contributed by atoms with Crippen LogP contribution in [0.5, 0.6) is 0 Å². The third kappa shape index (κ3) is 3.47. The van der Waals surface area contributed by atoms with Crippen LogP contribution in [0.15, 0.2) is 60.0 Å². The van der Waals surface area contributed by atoms with Gasteiger partial charge < -0.3 is 15.5 Å². The zero-order chi connectivity index (χ0) is 18.8. The number of ketones is 1. The van der Waals surface area contributed by atoms with Crippen molar-refractivity contribution in [2.45, 2.75) is 12.3 Å². The number of benzene rings is 2. The van der Waals surface area contributed by atoms with E-state index < -0.39 is 13.0 Å². The second kappa shape index (κ2) is 7.30. The van der Waals surface area contributed by atoms with Crippen LogP contribution in [0.4, 0.5) is 0 Å². The Bertz CT molecular complexity index is 1040. The second-order valence-electron chi connectivity index (χ2n) is 6.57. The van der Waals surface area contributed by atoms with Crippen LogP contribution in [0, 0.1) is 0 Å². The molecule has 2 heterocycles. The number of aromatic nitrogens is 1. The Labute approximate surface area is 156 Å². The Morgan fingerprint density at radius 2 is 2.07 bits per heavy atom. The molecule has 6 nitrogen and oxygen atoms in total. The third-order valence-corrected chi connectivity index (χ3v) is 4.84. The molecule has 0 amide bonds. The summed E-state index contributed by atoms with van der Waals surface area (Å²) < 4.78 is 4.87. The summed E-state index contributed by atoms with van der Waals surface area (Å²) >= 11 is 0. The van der Waals surface area contributed by atoms with Crippen LogP contribution in [-0.4, -0.2) is 35.7 Å². The molecule has 1 aromatic heterocycles. The highest BCUT2D eigenvalue weighted by Gasteiger charge is 2.27. The molecule has 0 spiro atoms. The molecule has 0 radical (unpaired) electrons. The van der Waals surface area contributed by atoms with Crippen LogP contribution in [-0.2, 0) is 16.0 Å². The lowest BCUT2D eigenvalue weighted by molar-refractivity contribution is -0.119. The van der Waals surface area contributed by atoms with E-state index in [-0.39, 0.29) is 18.7 Å². The summed E-state index contributed by atoms with van der Waals surface area (Å²) in [7, 11) is -1.13. The van der Waals surface area contributed by atoms with Gasteiger partial charge in [-0.05, 0) is 28.1 Å². The third-order valence-electron chi connectivity index (χ3n) is 4.84. The van der Waals surface area contributed by atoms with E-state index in [2.05, 4.69) is 10.1 Å². The standard InChI is InChI=1S/C20H18BN3O3/c22-10-18(15-3-4-17-12-24-27-21(26)19(17)9-15)20(25)8-13-1-2-16-11-23-6-5-14(16)7-13/h1-7,9,11-12,18,26H,8,10,22H2/t18-/m1/s1. The normalized spacial score (nSPS) is 13.9. The summed E-state index contributed by atoms with van der Waals surface area (Å²) in [6.07, 6.45) is 5.36. The Balaban J connectivity index is 1.59. The molecule has 1 aliphatic heterocycles. The highest BCUT2D eigenvalue weighted by Crippen LogP contribution is 2.21.